The predicted molar refractivity (Wildman–Crippen MR) is 85.2 cm³/mol. The second-order valence-corrected chi connectivity index (χ2v) is 7.50. The van der Waals surface area contributed by atoms with Crippen LogP contribution in [0.5, 0.6) is 0 Å². The van der Waals surface area contributed by atoms with Crippen LogP contribution in [0.2, 0.25) is 4.34 Å². The molecule has 1 aromatic heterocycles. The van der Waals surface area contributed by atoms with Crippen molar-refractivity contribution in [2.24, 2.45) is 0 Å². The first-order chi connectivity index (χ1) is 9.08. The fourth-order valence-corrected chi connectivity index (χ4v) is 4.00. The number of nitrogens with one attached hydrogen (secondary N) is 1. The lowest BCUT2D eigenvalue weighted by Gasteiger charge is -2.36. The van der Waals surface area contributed by atoms with Crippen LogP contribution in [0.15, 0.2) is 12.1 Å². The summed E-state index contributed by atoms with van der Waals surface area (Å²) in [5.74, 6) is 0. The van der Waals surface area contributed by atoms with Crippen molar-refractivity contribution in [2.75, 3.05) is 13.1 Å². The van der Waals surface area contributed by atoms with Gasteiger partial charge in [0.25, 0.3) is 0 Å². The minimum absolute atomic E-state index is 0.446. The highest BCUT2D eigenvalue weighted by Crippen LogP contribution is 2.31. The molecule has 1 aliphatic heterocycles. The molecule has 0 bridgehead atoms. The SMILES string of the molecule is CC(C)N(CC1CCCCN1)C(C)c1ccc(Cl)s1. The number of rotatable bonds is 5. The molecule has 2 nitrogen and oxygen atoms in total. The van der Waals surface area contributed by atoms with Crippen molar-refractivity contribution in [1.29, 1.82) is 0 Å². The lowest BCUT2D eigenvalue weighted by atomic mass is 10.0. The van der Waals surface area contributed by atoms with Crippen LogP contribution in [-0.2, 0) is 0 Å². The number of hydrogen-bond donors (Lipinski definition) is 1. The number of thiophene rings is 1. The van der Waals surface area contributed by atoms with E-state index in [1.807, 2.05) is 6.07 Å². The van der Waals surface area contributed by atoms with Crippen LogP contribution < -0.4 is 5.32 Å². The smallest absolute Gasteiger partial charge is 0.0931 e. The summed E-state index contributed by atoms with van der Waals surface area (Å²) in [5.41, 5.74) is 0. The van der Waals surface area contributed by atoms with Gasteiger partial charge >= 0.3 is 0 Å². The van der Waals surface area contributed by atoms with Gasteiger partial charge in [-0.3, -0.25) is 4.90 Å². The molecular weight excluding hydrogens is 276 g/mol. The first kappa shape index (κ1) is 15.3. The normalized spacial score (nSPS) is 22.1. The molecule has 1 fully saturated rings. The zero-order chi connectivity index (χ0) is 13.8. The summed E-state index contributed by atoms with van der Waals surface area (Å²) in [4.78, 5) is 3.96. The van der Waals surface area contributed by atoms with Gasteiger partial charge in [-0.05, 0) is 52.3 Å². The van der Waals surface area contributed by atoms with E-state index in [4.69, 9.17) is 11.6 Å². The molecule has 0 saturated carbocycles. The highest BCUT2D eigenvalue weighted by atomic mass is 35.5. The van der Waals surface area contributed by atoms with Gasteiger partial charge in [0.15, 0.2) is 0 Å². The van der Waals surface area contributed by atoms with Gasteiger partial charge in [-0.15, -0.1) is 11.3 Å². The fraction of sp³-hybridized carbons (Fsp3) is 0.733. The molecule has 1 saturated heterocycles. The highest BCUT2D eigenvalue weighted by molar-refractivity contribution is 7.16. The van der Waals surface area contributed by atoms with E-state index in [0.29, 0.717) is 18.1 Å². The second-order valence-electron chi connectivity index (χ2n) is 5.76. The van der Waals surface area contributed by atoms with E-state index in [0.717, 1.165) is 10.9 Å². The zero-order valence-corrected chi connectivity index (χ0v) is 13.7. The van der Waals surface area contributed by atoms with Gasteiger partial charge in [0.2, 0.25) is 0 Å². The molecule has 1 aliphatic rings. The second kappa shape index (κ2) is 7.07. The maximum absolute atomic E-state index is 6.07. The van der Waals surface area contributed by atoms with Crippen molar-refractivity contribution in [3.63, 3.8) is 0 Å². The molecule has 0 spiro atoms. The summed E-state index contributed by atoms with van der Waals surface area (Å²) < 4.78 is 0.890. The minimum Gasteiger partial charge on any atom is -0.313 e. The van der Waals surface area contributed by atoms with Crippen LogP contribution in [0.1, 0.15) is 51.0 Å². The Labute approximate surface area is 126 Å². The summed E-state index contributed by atoms with van der Waals surface area (Å²) in [7, 11) is 0. The molecule has 1 N–H and O–H groups in total. The summed E-state index contributed by atoms with van der Waals surface area (Å²) in [6.45, 7) is 9.18. The van der Waals surface area contributed by atoms with Crippen LogP contribution in [0.3, 0.4) is 0 Å². The molecule has 1 aromatic rings. The molecular formula is C15H25ClN2S. The topological polar surface area (TPSA) is 15.3 Å². The highest BCUT2D eigenvalue weighted by Gasteiger charge is 2.24. The lowest BCUT2D eigenvalue weighted by Crippen LogP contribution is -2.46. The Bertz CT molecular complexity index is 385. The first-order valence-electron chi connectivity index (χ1n) is 7.32. The monoisotopic (exact) mass is 300 g/mol. The Morgan fingerprint density at radius 3 is 2.68 bits per heavy atom. The van der Waals surface area contributed by atoms with Crippen LogP contribution in [-0.4, -0.2) is 30.1 Å². The summed E-state index contributed by atoms with van der Waals surface area (Å²) in [5, 5.41) is 3.65. The third kappa shape index (κ3) is 4.19. The Morgan fingerprint density at radius 1 is 1.37 bits per heavy atom. The molecule has 0 aliphatic carbocycles. The molecule has 0 amide bonds. The molecule has 0 radical (unpaired) electrons. The maximum atomic E-state index is 6.07. The first-order valence-corrected chi connectivity index (χ1v) is 8.51. The van der Waals surface area contributed by atoms with Gasteiger partial charge in [0.1, 0.15) is 0 Å². The maximum Gasteiger partial charge on any atom is 0.0931 e. The van der Waals surface area contributed by atoms with Gasteiger partial charge < -0.3 is 5.32 Å². The van der Waals surface area contributed by atoms with Crippen LogP contribution in [0, 0.1) is 0 Å². The van der Waals surface area contributed by atoms with Gasteiger partial charge in [-0.25, -0.2) is 0 Å². The number of halogens is 1. The Hall–Kier alpha value is -0.0900. The van der Waals surface area contributed by atoms with E-state index in [1.54, 1.807) is 11.3 Å². The molecule has 19 heavy (non-hydrogen) atoms. The van der Waals surface area contributed by atoms with E-state index in [1.165, 1.54) is 30.7 Å². The van der Waals surface area contributed by atoms with Crippen molar-refractivity contribution < 1.29 is 0 Å². The summed E-state index contributed by atoms with van der Waals surface area (Å²) in [6, 6.07) is 5.83. The van der Waals surface area contributed by atoms with Crippen molar-refractivity contribution >= 4 is 22.9 Å². The number of nitrogens with zero attached hydrogens (tertiary/aromatic N) is 1. The average Bonchev–Trinajstić information content (AvgIpc) is 2.83. The third-order valence-electron chi connectivity index (χ3n) is 4.01. The standard InChI is InChI=1S/C15H25ClN2S/c1-11(2)18(10-13-6-4-5-9-17-13)12(3)14-7-8-15(16)19-14/h7-8,11-13,17H,4-6,9-10H2,1-3H3. The molecule has 4 heteroatoms. The van der Waals surface area contributed by atoms with E-state index in [2.05, 4.69) is 37.1 Å². The molecule has 2 rings (SSSR count). The molecule has 2 atom stereocenters. The van der Waals surface area contributed by atoms with Gasteiger partial charge in [0, 0.05) is 29.5 Å². The van der Waals surface area contributed by atoms with Gasteiger partial charge in [0.05, 0.1) is 4.34 Å². The third-order valence-corrected chi connectivity index (χ3v) is 5.41. The quantitative estimate of drug-likeness (QED) is 0.871. The number of piperidine rings is 1. The Balaban J connectivity index is 2.02. The van der Waals surface area contributed by atoms with Crippen LogP contribution in [0.4, 0.5) is 0 Å². The van der Waals surface area contributed by atoms with Crippen molar-refractivity contribution in [1.82, 2.24) is 10.2 Å². The summed E-state index contributed by atoms with van der Waals surface area (Å²) >= 11 is 7.78. The zero-order valence-electron chi connectivity index (χ0n) is 12.2. The van der Waals surface area contributed by atoms with Crippen molar-refractivity contribution in [3.05, 3.63) is 21.3 Å². The van der Waals surface area contributed by atoms with E-state index in [9.17, 15) is 0 Å². The van der Waals surface area contributed by atoms with Crippen molar-refractivity contribution in [2.45, 2.75) is 58.2 Å². The van der Waals surface area contributed by atoms with Crippen molar-refractivity contribution in [3.8, 4) is 0 Å². The minimum atomic E-state index is 0.446. The molecule has 2 heterocycles. The lowest BCUT2D eigenvalue weighted by molar-refractivity contribution is 0.140. The van der Waals surface area contributed by atoms with Gasteiger partial charge in [-0.1, -0.05) is 18.0 Å². The average molecular weight is 301 g/mol. The van der Waals surface area contributed by atoms with E-state index >= 15 is 0 Å². The molecule has 108 valence electrons. The van der Waals surface area contributed by atoms with E-state index in [-0.39, 0.29) is 0 Å². The molecule has 2 unspecified atom stereocenters. The van der Waals surface area contributed by atoms with Gasteiger partial charge in [-0.2, -0.15) is 0 Å². The summed E-state index contributed by atoms with van der Waals surface area (Å²) in [6.07, 6.45) is 4.00. The Kier molecular flexibility index (Phi) is 5.70. The predicted octanol–water partition coefficient (Wildman–Crippen LogP) is 4.32. The largest absolute Gasteiger partial charge is 0.313 e. The van der Waals surface area contributed by atoms with Crippen LogP contribution in [0.25, 0.3) is 0 Å². The fourth-order valence-electron chi connectivity index (χ4n) is 2.87. The van der Waals surface area contributed by atoms with E-state index < -0.39 is 0 Å². The van der Waals surface area contributed by atoms with Crippen LogP contribution >= 0.6 is 22.9 Å². The molecule has 0 aromatic carbocycles. The number of hydrogen-bond acceptors (Lipinski definition) is 3. The Morgan fingerprint density at radius 2 is 2.16 bits per heavy atom.